The monoisotopic (exact) mass is 1840 g/mol. The number of nitrogens with zero attached hydrogens (tertiary/aromatic N) is 4. The molecule has 4 aliphatic heterocycles. The van der Waals surface area contributed by atoms with Crippen molar-refractivity contribution in [2.45, 2.75) is 379 Å². The van der Waals surface area contributed by atoms with E-state index in [4.69, 9.17) is 11.2 Å². The van der Waals surface area contributed by atoms with Gasteiger partial charge in [0.15, 0.2) is 0 Å². The van der Waals surface area contributed by atoms with Gasteiger partial charge < -0.3 is 62.0 Å². The van der Waals surface area contributed by atoms with Gasteiger partial charge >= 0.3 is 0 Å². The number of benzene rings is 3. The summed E-state index contributed by atoms with van der Waals surface area (Å²) in [5, 5.41) is 24.4. The Bertz CT molecular complexity index is 3610. The summed E-state index contributed by atoms with van der Waals surface area (Å²) in [7, 11) is 0. The largest absolute Gasteiger partial charge is 0.381 e. The number of piperidine rings is 2. The lowest BCUT2D eigenvalue weighted by molar-refractivity contribution is -0.180. The van der Waals surface area contributed by atoms with Crippen LogP contribution >= 0.6 is 0 Å². The smallest absolute Gasteiger partial charge is 0.251 e. The molecule has 4 heterocycles. The van der Waals surface area contributed by atoms with Crippen LogP contribution < -0.4 is 42.5 Å². The molecule has 12 rings (SSSR count). The number of rotatable bonds is 50. The van der Waals surface area contributed by atoms with Gasteiger partial charge in [-0.15, -0.1) is 12.3 Å². The van der Waals surface area contributed by atoms with Gasteiger partial charge in [-0.1, -0.05) is 183 Å². The third kappa shape index (κ3) is 45.9. The molecule has 0 aromatic heterocycles. The quantitative estimate of drug-likeness (QED) is 0.0194. The fourth-order valence-electron chi connectivity index (χ4n) is 19.3. The number of likely N-dealkylation sites (tertiary alicyclic amines) is 3. The number of carbonyl (C=O) groups excluding carboxylic acids is 7. The van der Waals surface area contributed by atoms with Gasteiger partial charge in [-0.2, -0.15) is 0 Å². The van der Waals surface area contributed by atoms with Crippen molar-refractivity contribution in [1.29, 1.82) is 0 Å². The molecule has 0 radical (unpaired) electrons. The molecule has 5 saturated carbocycles. The molecule has 132 heavy (non-hydrogen) atoms. The van der Waals surface area contributed by atoms with Gasteiger partial charge in [0.05, 0.1) is 5.41 Å². The first-order chi connectivity index (χ1) is 64.0. The summed E-state index contributed by atoms with van der Waals surface area (Å²) in [6, 6.07) is 22.9. The van der Waals surface area contributed by atoms with Crippen LogP contribution in [0.2, 0.25) is 0 Å². The van der Waals surface area contributed by atoms with Crippen LogP contribution in [0.1, 0.15) is 389 Å². The second-order valence-corrected chi connectivity index (χ2v) is 39.6. The predicted octanol–water partition coefficient (Wildman–Crippen LogP) is 20.7. The fraction of sp³-hybridized carbons (Fsp3) is 0.759. The zero-order valence-electron chi connectivity index (χ0n) is 86.8. The highest BCUT2D eigenvalue weighted by Crippen LogP contribution is 2.67. The van der Waals surface area contributed by atoms with E-state index >= 15 is 0 Å². The van der Waals surface area contributed by atoms with Gasteiger partial charge in [0.2, 0.25) is 29.5 Å². The van der Waals surface area contributed by atoms with Gasteiger partial charge in [-0.05, 0) is 329 Å². The Morgan fingerprint density at radius 3 is 1.51 bits per heavy atom. The maximum Gasteiger partial charge on any atom is 0.251 e. The molecule has 3 saturated heterocycles. The Hall–Kier alpha value is -6.73. The Morgan fingerprint density at radius 1 is 0.417 bits per heavy atom. The maximum atomic E-state index is 12.2. The van der Waals surface area contributed by atoms with Crippen LogP contribution in [0.25, 0.3) is 0 Å². The number of nitrogens with one attached hydrogen (secondary N) is 8. The second-order valence-electron chi connectivity index (χ2n) is 39.6. The van der Waals surface area contributed by atoms with E-state index in [1.54, 1.807) is 0 Å². The summed E-state index contributed by atoms with van der Waals surface area (Å²) < 4.78 is 5.45. The molecule has 1 atom stereocenters. The lowest BCUT2D eigenvalue weighted by atomic mass is 9.39. The minimum Gasteiger partial charge on any atom is -0.381 e. The minimum absolute atomic E-state index is 0.0237. The Morgan fingerprint density at radius 2 is 0.939 bits per heavy atom. The molecule has 3 aromatic carbocycles. The molecule has 2 spiro atoms. The summed E-state index contributed by atoms with van der Waals surface area (Å²) in [4.78, 5) is 92.5. The van der Waals surface area contributed by atoms with E-state index in [2.05, 4.69) is 214 Å². The number of hydrogen-bond acceptors (Lipinski definition) is 13. The van der Waals surface area contributed by atoms with Crippen LogP contribution in [0.3, 0.4) is 0 Å². The van der Waals surface area contributed by atoms with E-state index in [1.165, 1.54) is 170 Å². The normalized spacial score (nSPS) is 18.9. The summed E-state index contributed by atoms with van der Waals surface area (Å²) in [6.45, 7) is 54.8. The van der Waals surface area contributed by atoms with Crippen molar-refractivity contribution in [3.8, 4) is 12.3 Å². The molecule has 3 aromatic rings. The summed E-state index contributed by atoms with van der Waals surface area (Å²) >= 11 is 0. The van der Waals surface area contributed by atoms with Crippen LogP contribution in [-0.4, -0.2) is 204 Å². The number of aryl methyl sites for hydroxylation is 3. The molecule has 8 fully saturated rings. The second kappa shape index (κ2) is 70.0. The number of terminal acetylenes is 1. The van der Waals surface area contributed by atoms with Gasteiger partial charge in [-0.25, -0.2) is 0 Å². The van der Waals surface area contributed by atoms with Crippen molar-refractivity contribution in [3.05, 3.63) is 106 Å². The van der Waals surface area contributed by atoms with Crippen LogP contribution in [0.4, 0.5) is 0 Å². The zero-order valence-corrected chi connectivity index (χ0v) is 86.8. The fourth-order valence-corrected chi connectivity index (χ4v) is 19.3. The van der Waals surface area contributed by atoms with Gasteiger partial charge in [-0.3, -0.25) is 38.5 Å². The molecule has 8 N–H and O–H groups in total. The van der Waals surface area contributed by atoms with E-state index in [9.17, 15) is 33.6 Å². The summed E-state index contributed by atoms with van der Waals surface area (Å²) in [5.41, 5.74) is 9.73. The maximum absolute atomic E-state index is 12.2. The molecule has 750 valence electrons. The van der Waals surface area contributed by atoms with Crippen LogP contribution in [0.5, 0.6) is 0 Å². The van der Waals surface area contributed by atoms with Crippen LogP contribution in [0.15, 0.2) is 66.7 Å². The predicted molar refractivity (Wildman–Crippen MR) is 553 cm³/mol. The molecule has 20 heteroatoms. The van der Waals surface area contributed by atoms with Gasteiger partial charge in [0.25, 0.3) is 11.8 Å². The third-order valence-electron chi connectivity index (χ3n) is 27.3. The zero-order chi connectivity index (χ0) is 96.5. The number of fused-ring (bicyclic) bond motifs is 1. The average molecular weight is 1840 g/mol. The van der Waals surface area contributed by atoms with Crippen molar-refractivity contribution < 1.29 is 38.3 Å². The highest BCUT2D eigenvalue weighted by molar-refractivity contribution is 5.95. The third-order valence-corrected chi connectivity index (χ3v) is 27.3. The molecule has 2 bridgehead atoms. The molecule has 5 aliphatic carbocycles. The lowest BCUT2D eigenvalue weighted by Gasteiger charge is -2.69. The van der Waals surface area contributed by atoms with Crippen LogP contribution in [0, 0.1) is 53.3 Å². The Labute approximate surface area is 806 Å². The SMILES string of the molecule is C#CCCCCCCC(=O)NCCC.CCCCN1CCC(C(=O)NCCC)C2(CC2)C1.CCCCN1CCC(C(=O)NCCC)CC1.CCCCc1ccc(C(=O)NCCC)cc1.CCCNC(=O)C12CC(NCCC)(C1)C2.CCCNC(=O)C1CCC2(CC1)CN(CCC)C2.CCCNC(=O)c1ccc2c(c1)CCN(CCC)C2.CCCOCCCCCc1cccc(C)c1. The van der Waals surface area contributed by atoms with E-state index in [-0.39, 0.29) is 35.0 Å². The highest BCUT2D eigenvalue weighted by atomic mass is 16.5. The minimum atomic E-state index is 0.0237. The lowest BCUT2D eigenvalue weighted by Crippen LogP contribution is -2.77. The number of carbonyl (C=O) groups is 7. The van der Waals surface area contributed by atoms with Crippen molar-refractivity contribution in [2.24, 2.45) is 34.0 Å². The number of ether oxygens (including phenoxy) is 1. The molecular formula is C112H194N12O8. The first-order valence-corrected chi connectivity index (χ1v) is 53.9. The van der Waals surface area contributed by atoms with Gasteiger partial charge in [0, 0.05) is 139 Å². The summed E-state index contributed by atoms with van der Waals surface area (Å²) in [5.74, 6) is 4.94. The molecule has 9 aliphatic rings. The van der Waals surface area contributed by atoms with E-state index in [1.807, 2.05) is 25.1 Å². The number of amides is 7. The number of unbranched alkanes of at least 4 members (excludes halogenated alkanes) is 9. The van der Waals surface area contributed by atoms with E-state index in [0.29, 0.717) is 52.3 Å². The molecular weight excluding hydrogens is 1640 g/mol. The van der Waals surface area contributed by atoms with Crippen molar-refractivity contribution in [1.82, 2.24) is 62.1 Å². The molecule has 7 amide bonds. The van der Waals surface area contributed by atoms with Crippen molar-refractivity contribution in [3.63, 3.8) is 0 Å². The molecule has 20 nitrogen and oxygen atoms in total. The standard InChI is InChI=1S/C16H24N2O.2C15H28N2O.C15H24O.C14H21NO.C13H26N2O.C12H22N2O.C12H21NO/c1-3-8-17-16(19)14-5-6-15-12-18(9-4-2)10-7-13(15)11-14;1-3-9-16-14(18)13-5-7-15(8-6-13)11-17(12-15)10-4-2;1-3-5-10-17-11-6-13(14(18)16-9-4-2)15(12-17)7-8-15;1-3-11-16-12-6-4-5-9-15-10-7-8-14(2)13-15;1-3-5-6-12-7-9-13(10-8-12)14(16)15-11-4-2;1-3-5-9-15-10-6-12(7-11-15)13(16)14-8-4-2;1-3-5-13-10(15)11-7-12(8-11,9-11)14-6-4-2;1-3-5-6-7-8-9-10-12(14)13-11-4-2/h5-6,11H,3-4,7-10,12H2,1-2H3,(H,17,19);2*13H,3-12H2,1-2H3,(H,16,18);7-8,10,13H,3-6,9,11-12H2,1-2H3;7-10H,3-6,11H2,1-2H3,(H,15,16);12H,3-11H2,1-2H3,(H,14,16);14H,3-9H2,1-2H3,(H,13,15);1H,4-11H2,2H3,(H,13,14). The van der Waals surface area contributed by atoms with E-state index < -0.39 is 0 Å². The van der Waals surface area contributed by atoms with Crippen molar-refractivity contribution >= 4 is 41.4 Å². The Balaban J connectivity index is 0.000000316. The highest BCUT2D eigenvalue weighted by Gasteiger charge is 2.71. The first kappa shape index (κ1) is 118. The number of hydrogen-bond donors (Lipinski definition) is 8. The van der Waals surface area contributed by atoms with E-state index in [0.717, 1.165) is 270 Å². The van der Waals surface area contributed by atoms with Gasteiger partial charge in [0.1, 0.15) is 0 Å². The Kier molecular flexibility index (Phi) is 62.3. The first-order valence-electron chi connectivity index (χ1n) is 53.9. The molecule has 1 unspecified atom stereocenters. The average Bonchev–Trinajstić information content (AvgIpc) is 0.994. The summed E-state index contributed by atoms with van der Waals surface area (Å²) in [6.07, 6.45) is 51.1. The topological polar surface area (TPSA) is 238 Å². The van der Waals surface area contributed by atoms with Crippen molar-refractivity contribution in [2.75, 3.05) is 138 Å². The van der Waals surface area contributed by atoms with Crippen LogP contribution in [-0.2, 0) is 54.5 Å².